The molecule has 0 fully saturated rings. The van der Waals surface area contributed by atoms with Gasteiger partial charge in [0.2, 0.25) is 5.91 Å². The molecule has 0 bridgehead atoms. The Hall–Kier alpha value is -5.51. The van der Waals surface area contributed by atoms with E-state index in [1.807, 2.05) is 0 Å². The Balaban J connectivity index is 1.64. The van der Waals surface area contributed by atoms with Crippen molar-refractivity contribution in [3.05, 3.63) is 66.7 Å². The molecule has 5 aromatic carbocycles. The second-order valence-electron chi connectivity index (χ2n) is 11.0. The number of carbonyl (C=O) groups is 1. The maximum atomic E-state index is 12.5. The average Bonchev–Trinajstić information content (AvgIpc) is 3.04. The number of azo groups is 2. The SMILES string of the molecule is COCC(=O)Nc1cc(N=Nc2c(S(=O)(=O)O)cc3cc(S(=O)(=O)O)cc(N)c3c2O)ccc1N=Nc1ccc2ccc(S(=O)(=O)O)cc2c1S(=O)(=O)O. The number of hydrogen-bond donors (Lipinski definition) is 7. The number of nitrogens with two attached hydrogens (primary N) is 1. The lowest BCUT2D eigenvalue weighted by Gasteiger charge is -2.12. The Bertz CT molecular complexity index is 2920. The third kappa shape index (κ3) is 8.48. The fourth-order valence-electron chi connectivity index (χ4n) is 5.01. The van der Waals surface area contributed by atoms with Crippen LogP contribution in [0.5, 0.6) is 5.75 Å². The molecule has 0 spiro atoms. The standard InChI is InChI=1S/C29H24N6O15S4/c1-50-13-25(36)31-23-10-16(32-35-27-24(53(44,45)46)9-15-8-18(52(41,42)43)12-20(30)26(15)28(27)37)4-7-21(23)33-34-22-6-3-14-2-5-17(51(38,39)40)11-19(14)29(22)54(47,48)49/h2-12,37H,13,30H2,1H3,(H,31,36)(H,38,39,40)(H,41,42,43)(H,44,45,46)(H,47,48,49). The van der Waals surface area contributed by atoms with Crippen molar-refractivity contribution in [1.82, 2.24) is 0 Å². The Labute approximate surface area is 304 Å². The summed E-state index contributed by atoms with van der Waals surface area (Å²) in [5.74, 6) is -1.71. The van der Waals surface area contributed by atoms with Crippen LogP contribution in [0.1, 0.15) is 0 Å². The fraction of sp³-hybridized carbons (Fsp3) is 0.0690. The van der Waals surface area contributed by atoms with Crippen molar-refractivity contribution in [1.29, 1.82) is 0 Å². The minimum atomic E-state index is -5.19. The zero-order valence-corrected chi connectivity index (χ0v) is 30.1. The van der Waals surface area contributed by atoms with Gasteiger partial charge in [0.25, 0.3) is 40.5 Å². The van der Waals surface area contributed by atoms with E-state index in [2.05, 4.69) is 25.8 Å². The molecular weight excluding hydrogens is 801 g/mol. The summed E-state index contributed by atoms with van der Waals surface area (Å²) in [6, 6.07) is 11.2. The predicted molar refractivity (Wildman–Crippen MR) is 189 cm³/mol. The average molecular weight is 825 g/mol. The smallest absolute Gasteiger partial charge is 0.297 e. The number of nitrogen functional groups attached to an aromatic ring is 1. The minimum absolute atomic E-state index is 0.136. The molecule has 0 unspecified atom stereocenters. The lowest BCUT2D eigenvalue weighted by Crippen LogP contribution is -2.17. The van der Waals surface area contributed by atoms with Crippen molar-refractivity contribution in [3.8, 4) is 5.75 Å². The minimum Gasteiger partial charge on any atom is -0.505 e. The topological polar surface area (TPSA) is 352 Å². The highest BCUT2D eigenvalue weighted by Crippen LogP contribution is 2.45. The van der Waals surface area contributed by atoms with E-state index in [4.69, 9.17) is 10.5 Å². The molecule has 21 nitrogen and oxygen atoms in total. The number of hydrogen-bond acceptors (Lipinski definition) is 16. The predicted octanol–water partition coefficient (Wildman–Crippen LogP) is 4.68. The number of benzene rings is 5. The van der Waals surface area contributed by atoms with Crippen molar-refractivity contribution < 1.29 is 66.5 Å². The second kappa shape index (κ2) is 14.4. The Morgan fingerprint density at radius 2 is 1.33 bits per heavy atom. The van der Waals surface area contributed by atoms with Crippen molar-refractivity contribution in [2.24, 2.45) is 20.5 Å². The highest BCUT2D eigenvalue weighted by Gasteiger charge is 2.25. The number of phenols is 1. The Kier molecular flexibility index (Phi) is 10.6. The van der Waals surface area contributed by atoms with E-state index in [-0.39, 0.29) is 38.6 Å². The Morgan fingerprint density at radius 1 is 0.704 bits per heavy atom. The molecule has 0 aliphatic heterocycles. The van der Waals surface area contributed by atoms with Crippen LogP contribution < -0.4 is 11.1 Å². The lowest BCUT2D eigenvalue weighted by atomic mass is 10.1. The molecule has 0 atom stereocenters. The zero-order chi connectivity index (χ0) is 40.0. The van der Waals surface area contributed by atoms with E-state index in [0.717, 1.165) is 42.5 Å². The van der Waals surface area contributed by atoms with Gasteiger partial charge >= 0.3 is 0 Å². The summed E-state index contributed by atoms with van der Waals surface area (Å²) in [5, 5.41) is 28.0. The molecule has 25 heteroatoms. The van der Waals surface area contributed by atoms with Gasteiger partial charge in [0, 0.05) is 23.6 Å². The maximum absolute atomic E-state index is 12.5. The number of nitrogens with one attached hydrogen (secondary N) is 1. The van der Waals surface area contributed by atoms with E-state index in [1.165, 1.54) is 31.4 Å². The van der Waals surface area contributed by atoms with Crippen molar-refractivity contribution >= 4 is 102 Å². The van der Waals surface area contributed by atoms with Gasteiger partial charge in [-0.15, -0.1) is 15.3 Å². The van der Waals surface area contributed by atoms with Crippen molar-refractivity contribution in [2.75, 3.05) is 24.8 Å². The van der Waals surface area contributed by atoms with Gasteiger partial charge < -0.3 is 20.9 Å². The van der Waals surface area contributed by atoms with E-state index < -0.39 is 95.4 Å². The first kappa shape index (κ1) is 39.7. The molecule has 0 aliphatic carbocycles. The highest BCUT2D eigenvalue weighted by molar-refractivity contribution is 7.86. The zero-order valence-electron chi connectivity index (χ0n) is 26.9. The molecule has 5 rings (SSSR count). The van der Waals surface area contributed by atoms with Crippen molar-refractivity contribution in [3.63, 3.8) is 0 Å². The summed E-state index contributed by atoms with van der Waals surface area (Å²) >= 11 is 0. The molecule has 1 amide bonds. The monoisotopic (exact) mass is 824 g/mol. The molecule has 54 heavy (non-hydrogen) atoms. The quantitative estimate of drug-likeness (QED) is 0.0540. The van der Waals surface area contributed by atoms with Crippen LogP contribution in [-0.2, 0) is 50.0 Å². The van der Waals surface area contributed by atoms with Gasteiger partial charge in [0.05, 0.1) is 21.2 Å². The number of fused-ring (bicyclic) bond motifs is 2. The van der Waals surface area contributed by atoms with Crippen molar-refractivity contribution in [2.45, 2.75) is 19.6 Å². The molecule has 0 heterocycles. The molecule has 5 aromatic rings. The van der Waals surface area contributed by atoms with Crippen LogP contribution in [0, 0.1) is 0 Å². The molecule has 0 aliphatic rings. The summed E-state index contributed by atoms with van der Waals surface area (Å²) in [7, 11) is -18.7. The number of methoxy groups -OCH3 is 1. The molecule has 8 N–H and O–H groups in total. The normalized spacial score (nSPS) is 13.0. The van der Waals surface area contributed by atoms with Gasteiger partial charge in [-0.25, -0.2) is 0 Å². The van der Waals surface area contributed by atoms with E-state index in [0.29, 0.717) is 0 Å². The number of carbonyl (C=O) groups excluding carboxylic acids is 1. The van der Waals surface area contributed by atoms with Crippen LogP contribution in [-0.4, -0.2) is 76.6 Å². The summed E-state index contributed by atoms with van der Waals surface area (Å²) in [6.45, 7) is -0.473. The maximum Gasteiger partial charge on any atom is 0.297 e. The van der Waals surface area contributed by atoms with Crippen LogP contribution >= 0.6 is 0 Å². The summed E-state index contributed by atoms with van der Waals surface area (Å²) in [4.78, 5) is 9.13. The van der Waals surface area contributed by atoms with Gasteiger partial charge in [-0.05, 0) is 65.4 Å². The summed E-state index contributed by atoms with van der Waals surface area (Å²) < 4.78 is 140. The molecule has 284 valence electrons. The first-order valence-electron chi connectivity index (χ1n) is 14.3. The van der Waals surface area contributed by atoms with Gasteiger partial charge in [-0.1, -0.05) is 12.1 Å². The van der Waals surface area contributed by atoms with Crippen LogP contribution in [0.4, 0.5) is 34.1 Å². The third-order valence-electron chi connectivity index (χ3n) is 7.27. The Morgan fingerprint density at radius 3 is 1.94 bits per heavy atom. The van der Waals surface area contributed by atoms with Crippen LogP contribution in [0.2, 0.25) is 0 Å². The number of amides is 1. The van der Waals surface area contributed by atoms with Gasteiger partial charge in [0.1, 0.15) is 33.5 Å². The largest absolute Gasteiger partial charge is 0.505 e. The number of nitrogens with zero attached hydrogens (tertiary/aromatic N) is 4. The summed E-state index contributed by atoms with van der Waals surface area (Å²) in [6.07, 6.45) is 0. The lowest BCUT2D eigenvalue weighted by molar-refractivity contribution is -0.119. The number of aromatic hydroxyl groups is 1. The molecule has 0 aromatic heterocycles. The molecular formula is C29H24N6O15S4. The van der Waals surface area contributed by atoms with Crippen LogP contribution in [0.3, 0.4) is 0 Å². The van der Waals surface area contributed by atoms with E-state index in [1.54, 1.807) is 0 Å². The van der Waals surface area contributed by atoms with Crippen LogP contribution in [0.25, 0.3) is 21.5 Å². The van der Waals surface area contributed by atoms with Gasteiger partial charge in [-0.3, -0.25) is 23.0 Å². The molecule has 0 saturated carbocycles. The van der Waals surface area contributed by atoms with E-state index >= 15 is 0 Å². The van der Waals surface area contributed by atoms with Gasteiger partial charge in [0.15, 0.2) is 5.75 Å². The first-order valence-corrected chi connectivity index (χ1v) is 20.1. The highest BCUT2D eigenvalue weighted by atomic mass is 32.2. The second-order valence-corrected chi connectivity index (χ2v) is 16.6. The number of anilines is 2. The number of ether oxygens (including phenoxy) is 1. The number of rotatable bonds is 11. The van der Waals surface area contributed by atoms with Gasteiger partial charge in [-0.2, -0.15) is 38.8 Å². The number of phenolic OH excluding ortho intramolecular Hbond substituents is 1. The first-order chi connectivity index (χ1) is 25.0. The molecule has 0 radical (unpaired) electrons. The fourth-order valence-corrected chi connectivity index (χ4v) is 7.55. The van der Waals surface area contributed by atoms with E-state index in [9.17, 15) is 61.8 Å². The van der Waals surface area contributed by atoms with Crippen LogP contribution in [0.15, 0.2) is 107 Å². The summed E-state index contributed by atoms with van der Waals surface area (Å²) in [5.41, 5.74) is 3.57. The molecule has 0 saturated heterocycles. The third-order valence-corrected chi connectivity index (χ3v) is 10.8.